The highest BCUT2D eigenvalue weighted by molar-refractivity contribution is 5.90. The SMILES string of the molecule is COc1cc2c(cc1OC)C1N(CC2)C[C@H](CC(C)(C)O)C(=O)C1(O)O. The lowest BCUT2D eigenvalue weighted by atomic mass is 9.75. The minimum absolute atomic E-state index is 0.177. The summed E-state index contributed by atoms with van der Waals surface area (Å²) in [6, 6.07) is 2.68. The van der Waals surface area contributed by atoms with Gasteiger partial charge in [0.25, 0.3) is 0 Å². The van der Waals surface area contributed by atoms with Crippen molar-refractivity contribution in [2.75, 3.05) is 27.3 Å². The van der Waals surface area contributed by atoms with Gasteiger partial charge in [-0.05, 0) is 49.9 Å². The molecule has 0 radical (unpaired) electrons. The van der Waals surface area contributed by atoms with E-state index in [0.29, 0.717) is 36.6 Å². The molecule has 1 aromatic carbocycles. The molecule has 0 aliphatic carbocycles. The molecule has 1 saturated heterocycles. The molecule has 3 N–H and O–H groups in total. The van der Waals surface area contributed by atoms with Crippen LogP contribution in [0, 0.1) is 5.92 Å². The fourth-order valence-electron chi connectivity index (χ4n) is 4.23. The molecule has 1 aromatic rings. The third kappa shape index (κ3) is 3.20. The van der Waals surface area contributed by atoms with E-state index in [9.17, 15) is 20.1 Å². The zero-order valence-corrected chi connectivity index (χ0v) is 15.7. The van der Waals surface area contributed by atoms with Gasteiger partial charge in [-0.25, -0.2) is 0 Å². The Morgan fingerprint density at radius 2 is 1.85 bits per heavy atom. The summed E-state index contributed by atoms with van der Waals surface area (Å²) in [5, 5.41) is 31.6. The number of ketones is 1. The summed E-state index contributed by atoms with van der Waals surface area (Å²) in [6.07, 6.45) is 0.877. The normalized spacial score (nSPS) is 25.4. The standard InChI is InChI=1S/C19H27NO6/c1-18(2,22)9-12-10-20-6-5-11-7-14(25-3)15(26-4)8-13(11)16(20)19(23,24)17(12)21/h7-8,12,16,22-24H,5-6,9-10H2,1-4H3/t12-,16?/m0/s1. The first kappa shape index (κ1) is 19.1. The van der Waals surface area contributed by atoms with E-state index in [1.807, 2.05) is 11.0 Å². The molecule has 26 heavy (non-hydrogen) atoms. The van der Waals surface area contributed by atoms with Gasteiger partial charge in [0.05, 0.1) is 25.9 Å². The van der Waals surface area contributed by atoms with Crippen molar-refractivity contribution in [1.29, 1.82) is 0 Å². The Bertz CT molecular complexity index is 709. The molecule has 1 unspecified atom stereocenters. The van der Waals surface area contributed by atoms with Crippen molar-refractivity contribution in [3.05, 3.63) is 23.3 Å². The second-order valence-corrected chi connectivity index (χ2v) is 7.86. The predicted molar refractivity (Wildman–Crippen MR) is 94.1 cm³/mol. The Kier molecular flexibility index (Phi) is 4.77. The highest BCUT2D eigenvalue weighted by Gasteiger charge is 2.55. The Balaban J connectivity index is 2.02. The maximum atomic E-state index is 12.8. The van der Waals surface area contributed by atoms with Gasteiger partial charge in [0.1, 0.15) is 0 Å². The summed E-state index contributed by atoms with van der Waals surface area (Å²) in [5.74, 6) is -2.76. The summed E-state index contributed by atoms with van der Waals surface area (Å²) in [4.78, 5) is 14.7. The number of aliphatic hydroxyl groups is 3. The number of fused-ring (bicyclic) bond motifs is 3. The van der Waals surface area contributed by atoms with Crippen molar-refractivity contribution in [2.45, 2.75) is 44.1 Å². The van der Waals surface area contributed by atoms with Crippen LogP contribution < -0.4 is 9.47 Å². The molecule has 2 atom stereocenters. The third-order valence-corrected chi connectivity index (χ3v) is 5.29. The van der Waals surface area contributed by atoms with Gasteiger partial charge in [0.15, 0.2) is 17.3 Å². The average Bonchev–Trinajstić information content (AvgIpc) is 2.56. The minimum atomic E-state index is -2.52. The summed E-state index contributed by atoms with van der Waals surface area (Å²) in [6.45, 7) is 4.20. The van der Waals surface area contributed by atoms with Gasteiger partial charge in [0.2, 0.25) is 5.79 Å². The summed E-state index contributed by atoms with van der Waals surface area (Å²) >= 11 is 0. The van der Waals surface area contributed by atoms with Crippen molar-refractivity contribution < 1.29 is 29.6 Å². The van der Waals surface area contributed by atoms with Gasteiger partial charge in [-0.1, -0.05) is 0 Å². The number of hydrogen-bond acceptors (Lipinski definition) is 7. The molecule has 0 amide bonds. The quantitative estimate of drug-likeness (QED) is 0.674. The molecule has 2 aliphatic rings. The molecule has 7 heteroatoms. The second-order valence-electron chi connectivity index (χ2n) is 7.86. The Morgan fingerprint density at radius 1 is 1.23 bits per heavy atom. The number of carbonyl (C=O) groups is 1. The molecular weight excluding hydrogens is 338 g/mol. The van der Waals surface area contributed by atoms with Crippen molar-refractivity contribution in [3.63, 3.8) is 0 Å². The number of ether oxygens (including phenoxy) is 2. The zero-order chi connectivity index (χ0) is 19.3. The van der Waals surface area contributed by atoms with Crippen molar-refractivity contribution in [2.24, 2.45) is 5.92 Å². The van der Waals surface area contributed by atoms with Gasteiger partial charge in [-0.2, -0.15) is 0 Å². The first-order valence-corrected chi connectivity index (χ1v) is 8.78. The summed E-state index contributed by atoms with van der Waals surface area (Å²) in [7, 11) is 3.06. The fraction of sp³-hybridized carbons (Fsp3) is 0.632. The van der Waals surface area contributed by atoms with E-state index >= 15 is 0 Å². The smallest absolute Gasteiger partial charge is 0.244 e. The molecule has 2 aliphatic heterocycles. The maximum Gasteiger partial charge on any atom is 0.244 e. The summed E-state index contributed by atoms with van der Waals surface area (Å²) in [5.41, 5.74) is 0.507. The number of methoxy groups -OCH3 is 2. The number of piperidine rings is 1. The van der Waals surface area contributed by atoms with Crippen LogP contribution in [0.5, 0.6) is 11.5 Å². The van der Waals surface area contributed by atoms with Crippen LogP contribution in [0.2, 0.25) is 0 Å². The van der Waals surface area contributed by atoms with Crippen LogP contribution in [0.15, 0.2) is 12.1 Å². The molecule has 0 spiro atoms. The Hall–Kier alpha value is -1.67. The van der Waals surface area contributed by atoms with E-state index in [1.165, 1.54) is 7.11 Å². The highest BCUT2D eigenvalue weighted by Crippen LogP contribution is 2.46. The second kappa shape index (κ2) is 6.49. The largest absolute Gasteiger partial charge is 0.493 e. The van der Waals surface area contributed by atoms with Gasteiger partial charge >= 0.3 is 0 Å². The molecule has 144 valence electrons. The predicted octanol–water partition coefficient (Wildman–Crippen LogP) is 0.644. The fourth-order valence-corrected chi connectivity index (χ4v) is 4.23. The van der Waals surface area contributed by atoms with E-state index in [2.05, 4.69) is 0 Å². The number of carbonyl (C=O) groups excluding carboxylic acids is 1. The van der Waals surface area contributed by atoms with Gasteiger partial charge in [0, 0.05) is 19.0 Å². The Morgan fingerprint density at radius 3 is 2.42 bits per heavy atom. The maximum absolute atomic E-state index is 12.8. The monoisotopic (exact) mass is 365 g/mol. The lowest BCUT2D eigenvalue weighted by Crippen LogP contribution is -2.62. The molecule has 3 rings (SSSR count). The van der Waals surface area contributed by atoms with Crippen LogP contribution >= 0.6 is 0 Å². The van der Waals surface area contributed by atoms with Crippen molar-refractivity contribution in [3.8, 4) is 11.5 Å². The third-order valence-electron chi connectivity index (χ3n) is 5.29. The van der Waals surface area contributed by atoms with Gasteiger partial charge in [-0.3, -0.25) is 9.69 Å². The lowest BCUT2D eigenvalue weighted by molar-refractivity contribution is -0.229. The zero-order valence-electron chi connectivity index (χ0n) is 15.7. The highest BCUT2D eigenvalue weighted by atomic mass is 16.5. The van der Waals surface area contributed by atoms with Gasteiger partial charge in [-0.15, -0.1) is 0 Å². The molecular formula is C19H27NO6. The van der Waals surface area contributed by atoms with Crippen LogP contribution in [-0.4, -0.2) is 64.7 Å². The molecule has 0 aromatic heterocycles. The number of rotatable bonds is 4. The first-order chi connectivity index (χ1) is 12.1. The van der Waals surface area contributed by atoms with Crippen molar-refractivity contribution in [1.82, 2.24) is 4.90 Å². The number of benzene rings is 1. The van der Waals surface area contributed by atoms with Crippen LogP contribution in [0.1, 0.15) is 37.4 Å². The molecule has 7 nitrogen and oxygen atoms in total. The van der Waals surface area contributed by atoms with Crippen LogP contribution in [0.25, 0.3) is 0 Å². The van der Waals surface area contributed by atoms with E-state index in [0.717, 1.165) is 5.56 Å². The molecule has 1 fully saturated rings. The molecule has 0 bridgehead atoms. The van der Waals surface area contributed by atoms with Crippen LogP contribution in [0.4, 0.5) is 0 Å². The van der Waals surface area contributed by atoms with E-state index in [1.54, 1.807) is 27.0 Å². The number of nitrogens with zero attached hydrogens (tertiary/aromatic N) is 1. The van der Waals surface area contributed by atoms with E-state index in [-0.39, 0.29) is 6.42 Å². The van der Waals surface area contributed by atoms with E-state index in [4.69, 9.17) is 9.47 Å². The summed E-state index contributed by atoms with van der Waals surface area (Å²) < 4.78 is 10.7. The average molecular weight is 365 g/mol. The number of Topliss-reactive ketones (excluding diaryl/α,β-unsaturated/α-hetero) is 1. The Labute approximate surface area is 153 Å². The topological polar surface area (TPSA) is 99.5 Å². The first-order valence-electron chi connectivity index (χ1n) is 8.78. The minimum Gasteiger partial charge on any atom is -0.493 e. The lowest BCUT2D eigenvalue weighted by Gasteiger charge is -2.49. The van der Waals surface area contributed by atoms with Crippen LogP contribution in [0.3, 0.4) is 0 Å². The van der Waals surface area contributed by atoms with Crippen LogP contribution in [-0.2, 0) is 11.2 Å². The number of hydrogen-bond donors (Lipinski definition) is 3. The van der Waals surface area contributed by atoms with Gasteiger partial charge < -0.3 is 24.8 Å². The van der Waals surface area contributed by atoms with Crippen molar-refractivity contribution >= 4 is 5.78 Å². The molecule has 2 heterocycles. The van der Waals surface area contributed by atoms with E-state index < -0.39 is 29.1 Å². The molecule has 0 saturated carbocycles.